The summed E-state index contributed by atoms with van der Waals surface area (Å²) < 4.78 is 0. The second-order valence-corrected chi connectivity index (χ2v) is 4.35. The van der Waals surface area contributed by atoms with E-state index in [2.05, 4.69) is 24.1 Å². The van der Waals surface area contributed by atoms with Crippen molar-refractivity contribution in [3.63, 3.8) is 0 Å². The molecule has 0 radical (unpaired) electrons. The van der Waals surface area contributed by atoms with Crippen LogP contribution in [0.2, 0.25) is 0 Å². The van der Waals surface area contributed by atoms with Crippen LogP contribution < -0.4 is 4.90 Å². The molecule has 0 unspecified atom stereocenters. The molecule has 0 amide bonds. The Bertz CT molecular complexity index is 292. The first-order valence-electron chi connectivity index (χ1n) is 5.13. The average molecular weight is 191 g/mol. The SMILES string of the molecule is CN(CC1(CO)CC1)c1ccccc1. The molecule has 0 spiro atoms. The molecule has 0 aromatic heterocycles. The van der Waals surface area contributed by atoms with Crippen LogP contribution in [0.15, 0.2) is 30.3 Å². The van der Waals surface area contributed by atoms with Crippen molar-refractivity contribution in [1.82, 2.24) is 0 Å². The molecule has 2 nitrogen and oxygen atoms in total. The van der Waals surface area contributed by atoms with Crippen LogP contribution in [0.25, 0.3) is 0 Å². The highest BCUT2D eigenvalue weighted by Gasteiger charge is 2.42. The lowest BCUT2D eigenvalue weighted by Gasteiger charge is -2.24. The van der Waals surface area contributed by atoms with Crippen LogP contribution >= 0.6 is 0 Å². The topological polar surface area (TPSA) is 23.5 Å². The lowest BCUT2D eigenvalue weighted by Crippen LogP contribution is -2.28. The maximum atomic E-state index is 9.23. The highest BCUT2D eigenvalue weighted by molar-refractivity contribution is 5.45. The van der Waals surface area contributed by atoms with Crippen LogP contribution in [0.5, 0.6) is 0 Å². The number of anilines is 1. The Morgan fingerprint density at radius 2 is 1.93 bits per heavy atom. The van der Waals surface area contributed by atoms with Crippen molar-refractivity contribution < 1.29 is 5.11 Å². The van der Waals surface area contributed by atoms with Gasteiger partial charge in [0.2, 0.25) is 0 Å². The summed E-state index contributed by atoms with van der Waals surface area (Å²) in [6, 6.07) is 10.3. The van der Waals surface area contributed by atoms with E-state index in [9.17, 15) is 5.11 Å². The van der Waals surface area contributed by atoms with E-state index >= 15 is 0 Å². The summed E-state index contributed by atoms with van der Waals surface area (Å²) in [5, 5.41) is 9.23. The van der Waals surface area contributed by atoms with Gasteiger partial charge in [0.1, 0.15) is 0 Å². The first-order valence-corrected chi connectivity index (χ1v) is 5.13. The van der Waals surface area contributed by atoms with Crippen LogP contribution in [-0.2, 0) is 0 Å². The number of nitrogens with zero attached hydrogens (tertiary/aromatic N) is 1. The van der Waals surface area contributed by atoms with Crippen molar-refractivity contribution in [1.29, 1.82) is 0 Å². The van der Waals surface area contributed by atoms with E-state index in [1.54, 1.807) is 0 Å². The summed E-state index contributed by atoms with van der Waals surface area (Å²) >= 11 is 0. The molecule has 14 heavy (non-hydrogen) atoms. The molecule has 1 N–H and O–H groups in total. The van der Waals surface area contributed by atoms with Crippen LogP contribution in [0, 0.1) is 5.41 Å². The van der Waals surface area contributed by atoms with E-state index in [-0.39, 0.29) is 5.41 Å². The Balaban J connectivity index is 1.99. The number of hydrogen-bond acceptors (Lipinski definition) is 2. The molecule has 1 aliphatic carbocycles. The molecule has 76 valence electrons. The van der Waals surface area contributed by atoms with Gasteiger partial charge in [-0.1, -0.05) is 18.2 Å². The number of hydrogen-bond donors (Lipinski definition) is 1. The molecule has 2 heteroatoms. The minimum Gasteiger partial charge on any atom is -0.396 e. The second kappa shape index (κ2) is 3.62. The van der Waals surface area contributed by atoms with E-state index in [1.807, 2.05) is 18.2 Å². The molecule has 1 aromatic rings. The van der Waals surface area contributed by atoms with Gasteiger partial charge in [-0.25, -0.2) is 0 Å². The first-order chi connectivity index (χ1) is 6.76. The summed E-state index contributed by atoms with van der Waals surface area (Å²) in [4.78, 5) is 2.23. The summed E-state index contributed by atoms with van der Waals surface area (Å²) in [6.45, 7) is 1.29. The lowest BCUT2D eigenvalue weighted by atomic mass is 10.1. The lowest BCUT2D eigenvalue weighted by molar-refractivity contribution is 0.215. The standard InChI is InChI=1S/C12H17NO/c1-13(9-12(10-14)7-8-12)11-5-3-2-4-6-11/h2-6,14H,7-10H2,1H3. The molecule has 1 saturated carbocycles. The van der Waals surface area contributed by atoms with Crippen LogP contribution in [0.3, 0.4) is 0 Å². The van der Waals surface area contributed by atoms with Gasteiger partial charge in [0.15, 0.2) is 0 Å². The summed E-state index contributed by atoms with van der Waals surface area (Å²) in [7, 11) is 2.09. The van der Waals surface area contributed by atoms with Gasteiger partial charge in [-0.05, 0) is 25.0 Å². The van der Waals surface area contributed by atoms with Crippen LogP contribution in [0.4, 0.5) is 5.69 Å². The van der Waals surface area contributed by atoms with Gasteiger partial charge in [0.25, 0.3) is 0 Å². The molecule has 1 aromatic carbocycles. The third-order valence-electron chi connectivity index (χ3n) is 3.06. The molecular formula is C12H17NO. The third-order valence-corrected chi connectivity index (χ3v) is 3.06. The number of para-hydroxylation sites is 1. The molecular weight excluding hydrogens is 174 g/mol. The number of rotatable bonds is 4. The zero-order valence-corrected chi connectivity index (χ0v) is 8.61. The molecule has 2 rings (SSSR count). The Hall–Kier alpha value is -1.02. The van der Waals surface area contributed by atoms with E-state index in [0.717, 1.165) is 6.54 Å². The fraction of sp³-hybridized carbons (Fsp3) is 0.500. The Labute approximate surface area is 85.2 Å². The number of aliphatic hydroxyl groups is 1. The van der Waals surface area contributed by atoms with Crippen molar-refractivity contribution in [2.45, 2.75) is 12.8 Å². The van der Waals surface area contributed by atoms with Crippen molar-refractivity contribution >= 4 is 5.69 Å². The van der Waals surface area contributed by atoms with Crippen LogP contribution in [-0.4, -0.2) is 25.3 Å². The minimum atomic E-state index is 0.199. The Morgan fingerprint density at radius 1 is 1.29 bits per heavy atom. The van der Waals surface area contributed by atoms with Crippen molar-refractivity contribution in [2.75, 3.05) is 25.1 Å². The maximum absolute atomic E-state index is 9.23. The highest BCUT2D eigenvalue weighted by Crippen LogP contribution is 2.45. The molecule has 1 aliphatic rings. The Morgan fingerprint density at radius 3 is 2.43 bits per heavy atom. The smallest absolute Gasteiger partial charge is 0.0504 e. The molecule has 0 atom stereocenters. The second-order valence-electron chi connectivity index (χ2n) is 4.35. The van der Waals surface area contributed by atoms with Gasteiger partial charge in [-0.3, -0.25) is 0 Å². The van der Waals surface area contributed by atoms with Crippen LogP contribution in [0.1, 0.15) is 12.8 Å². The van der Waals surface area contributed by atoms with Gasteiger partial charge in [-0.15, -0.1) is 0 Å². The number of aliphatic hydroxyl groups excluding tert-OH is 1. The molecule has 1 fully saturated rings. The highest BCUT2D eigenvalue weighted by atomic mass is 16.3. The molecule has 0 bridgehead atoms. The zero-order valence-electron chi connectivity index (χ0n) is 8.61. The monoisotopic (exact) mass is 191 g/mol. The summed E-state index contributed by atoms with van der Waals surface area (Å²) in [6.07, 6.45) is 2.33. The predicted molar refractivity (Wildman–Crippen MR) is 58.5 cm³/mol. The van der Waals surface area contributed by atoms with Gasteiger partial charge in [0.05, 0.1) is 6.61 Å². The first kappa shape index (κ1) is 9.53. The Kier molecular flexibility index (Phi) is 2.46. The van der Waals surface area contributed by atoms with E-state index in [1.165, 1.54) is 18.5 Å². The maximum Gasteiger partial charge on any atom is 0.0504 e. The molecule has 0 saturated heterocycles. The van der Waals surface area contributed by atoms with Gasteiger partial charge in [0, 0.05) is 24.7 Å². The fourth-order valence-corrected chi connectivity index (χ4v) is 1.82. The van der Waals surface area contributed by atoms with E-state index < -0.39 is 0 Å². The summed E-state index contributed by atoms with van der Waals surface area (Å²) in [5.74, 6) is 0. The van der Waals surface area contributed by atoms with Gasteiger partial charge >= 0.3 is 0 Å². The normalized spacial score (nSPS) is 17.9. The average Bonchev–Trinajstić information content (AvgIpc) is 3.00. The van der Waals surface area contributed by atoms with Gasteiger partial charge < -0.3 is 10.0 Å². The minimum absolute atomic E-state index is 0.199. The van der Waals surface area contributed by atoms with E-state index in [4.69, 9.17) is 0 Å². The van der Waals surface area contributed by atoms with Crippen molar-refractivity contribution in [3.05, 3.63) is 30.3 Å². The quantitative estimate of drug-likeness (QED) is 0.785. The third kappa shape index (κ3) is 1.90. The summed E-state index contributed by atoms with van der Waals surface area (Å²) in [5.41, 5.74) is 1.43. The van der Waals surface area contributed by atoms with Crippen molar-refractivity contribution in [2.24, 2.45) is 5.41 Å². The molecule has 0 heterocycles. The largest absolute Gasteiger partial charge is 0.396 e. The molecule has 0 aliphatic heterocycles. The zero-order chi connectivity index (χ0) is 10.0. The van der Waals surface area contributed by atoms with Crippen molar-refractivity contribution in [3.8, 4) is 0 Å². The predicted octanol–water partition coefficient (Wildman–Crippen LogP) is 1.90. The van der Waals surface area contributed by atoms with Gasteiger partial charge in [-0.2, -0.15) is 0 Å². The van der Waals surface area contributed by atoms with E-state index in [0.29, 0.717) is 6.61 Å². The number of benzene rings is 1. The fourth-order valence-electron chi connectivity index (χ4n) is 1.82.